The quantitative estimate of drug-likeness (QED) is 0.878. The Bertz CT molecular complexity index is 634. The number of halogens is 4. The number of anilines is 1. The molecule has 8 heteroatoms. The second-order valence-electron chi connectivity index (χ2n) is 4.03. The van der Waals surface area contributed by atoms with Crippen LogP contribution in [0.15, 0.2) is 12.1 Å². The SMILES string of the molecule is Cc1nn(-c2cc(C(F)(F)F)cc(N)n2)c(C)c1Cl. The van der Waals surface area contributed by atoms with Gasteiger partial charge in [-0.2, -0.15) is 18.3 Å². The number of rotatable bonds is 1. The third kappa shape index (κ3) is 2.51. The van der Waals surface area contributed by atoms with Crippen LogP contribution < -0.4 is 5.73 Å². The molecule has 0 saturated carbocycles. The Morgan fingerprint density at radius 1 is 1.26 bits per heavy atom. The monoisotopic (exact) mass is 290 g/mol. The highest BCUT2D eigenvalue weighted by Crippen LogP contribution is 2.31. The lowest BCUT2D eigenvalue weighted by Gasteiger charge is -2.10. The molecule has 0 atom stereocenters. The first-order chi connectivity index (χ1) is 8.70. The molecular formula is C11H10ClF3N4. The molecule has 0 aliphatic rings. The zero-order chi connectivity index (χ0) is 14.4. The average molecular weight is 291 g/mol. The lowest BCUT2D eigenvalue weighted by molar-refractivity contribution is -0.137. The van der Waals surface area contributed by atoms with Gasteiger partial charge in [-0.1, -0.05) is 11.6 Å². The summed E-state index contributed by atoms with van der Waals surface area (Å²) in [6, 6.07) is 1.66. The molecular weight excluding hydrogens is 281 g/mol. The molecule has 2 aromatic heterocycles. The summed E-state index contributed by atoms with van der Waals surface area (Å²) in [6.45, 7) is 3.29. The first-order valence-corrected chi connectivity index (χ1v) is 5.65. The molecule has 2 N–H and O–H groups in total. The van der Waals surface area contributed by atoms with Crippen LogP contribution in [0.1, 0.15) is 17.0 Å². The smallest absolute Gasteiger partial charge is 0.384 e. The molecule has 2 heterocycles. The molecule has 0 bridgehead atoms. The van der Waals surface area contributed by atoms with Crippen LogP contribution in [-0.2, 0) is 6.18 Å². The second kappa shape index (κ2) is 4.41. The van der Waals surface area contributed by atoms with Crippen molar-refractivity contribution in [2.45, 2.75) is 20.0 Å². The van der Waals surface area contributed by atoms with Crippen LogP contribution in [0.2, 0.25) is 5.02 Å². The molecule has 4 nitrogen and oxygen atoms in total. The molecule has 0 amide bonds. The number of pyridine rings is 1. The maximum Gasteiger partial charge on any atom is 0.416 e. The second-order valence-corrected chi connectivity index (χ2v) is 4.41. The Labute approximate surface area is 112 Å². The van der Waals surface area contributed by atoms with Gasteiger partial charge in [0.2, 0.25) is 0 Å². The van der Waals surface area contributed by atoms with Crippen molar-refractivity contribution in [1.82, 2.24) is 14.8 Å². The number of nitrogens with zero attached hydrogens (tertiary/aromatic N) is 3. The van der Waals surface area contributed by atoms with Gasteiger partial charge in [0.05, 0.1) is 22.0 Å². The van der Waals surface area contributed by atoms with Gasteiger partial charge < -0.3 is 5.73 Å². The van der Waals surface area contributed by atoms with E-state index in [1.54, 1.807) is 13.8 Å². The maximum atomic E-state index is 12.7. The van der Waals surface area contributed by atoms with Crippen molar-refractivity contribution < 1.29 is 13.2 Å². The van der Waals surface area contributed by atoms with Crippen LogP contribution in [-0.4, -0.2) is 14.8 Å². The van der Waals surface area contributed by atoms with E-state index in [1.807, 2.05) is 0 Å². The van der Waals surface area contributed by atoms with Gasteiger partial charge in [0.1, 0.15) is 5.82 Å². The Hall–Kier alpha value is -1.76. The van der Waals surface area contributed by atoms with Crippen molar-refractivity contribution >= 4 is 17.4 Å². The largest absolute Gasteiger partial charge is 0.416 e. The molecule has 2 aromatic rings. The van der Waals surface area contributed by atoms with Gasteiger partial charge in [0.25, 0.3) is 0 Å². The number of nitrogens with two attached hydrogens (primary N) is 1. The fourth-order valence-electron chi connectivity index (χ4n) is 1.66. The normalized spacial score (nSPS) is 11.9. The molecule has 0 radical (unpaired) electrons. The molecule has 0 aromatic carbocycles. The molecule has 0 saturated heterocycles. The summed E-state index contributed by atoms with van der Waals surface area (Å²) in [6.07, 6.45) is -4.49. The Morgan fingerprint density at radius 2 is 1.89 bits per heavy atom. The Balaban J connectivity index is 2.63. The van der Waals surface area contributed by atoms with Crippen molar-refractivity contribution in [1.29, 1.82) is 0 Å². The summed E-state index contributed by atoms with van der Waals surface area (Å²) in [7, 11) is 0. The molecule has 2 rings (SSSR count). The van der Waals surface area contributed by atoms with Crippen LogP contribution in [0.25, 0.3) is 5.82 Å². The highest BCUT2D eigenvalue weighted by Gasteiger charge is 2.32. The van der Waals surface area contributed by atoms with Crippen molar-refractivity contribution in [3.8, 4) is 5.82 Å². The van der Waals surface area contributed by atoms with E-state index < -0.39 is 11.7 Å². The summed E-state index contributed by atoms with van der Waals surface area (Å²) in [5.74, 6) is -0.242. The highest BCUT2D eigenvalue weighted by molar-refractivity contribution is 6.31. The minimum Gasteiger partial charge on any atom is -0.384 e. The lowest BCUT2D eigenvalue weighted by Crippen LogP contribution is -2.11. The van der Waals surface area contributed by atoms with Gasteiger partial charge >= 0.3 is 6.18 Å². The van der Waals surface area contributed by atoms with E-state index in [2.05, 4.69) is 10.1 Å². The summed E-state index contributed by atoms with van der Waals surface area (Å²) >= 11 is 5.95. The Kier molecular flexibility index (Phi) is 3.17. The maximum absolute atomic E-state index is 12.7. The number of alkyl halides is 3. The van der Waals surface area contributed by atoms with Gasteiger partial charge in [-0.25, -0.2) is 9.67 Å². The summed E-state index contributed by atoms with van der Waals surface area (Å²) < 4.78 is 39.4. The van der Waals surface area contributed by atoms with Crippen LogP contribution in [0, 0.1) is 13.8 Å². The molecule has 0 aliphatic carbocycles. The van der Waals surface area contributed by atoms with E-state index in [-0.39, 0.29) is 11.6 Å². The van der Waals surface area contributed by atoms with Crippen LogP contribution in [0.3, 0.4) is 0 Å². The fourth-order valence-corrected chi connectivity index (χ4v) is 1.77. The van der Waals surface area contributed by atoms with Gasteiger partial charge in [0, 0.05) is 0 Å². The standard InChI is InChI=1S/C11H10ClF3N4/c1-5-10(12)6(2)19(18-5)9-4-7(11(13,14)15)3-8(16)17-9/h3-4H,1-2H3,(H2,16,17). The van der Waals surface area contributed by atoms with Crippen molar-refractivity contribution in [2.24, 2.45) is 0 Å². The zero-order valence-corrected chi connectivity index (χ0v) is 10.8. The van der Waals surface area contributed by atoms with Gasteiger partial charge in [0.15, 0.2) is 5.82 Å². The van der Waals surface area contributed by atoms with Crippen molar-refractivity contribution in [3.05, 3.63) is 34.1 Å². The van der Waals surface area contributed by atoms with E-state index in [0.29, 0.717) is 16.4 Å². The number of hydrogen-bond acceptors (Lipinski definition) is 3. The fraction of sp³-hybridized carbons (Fsp3) is 0.273. The minimum absolute atomic E-state index is 0.0141. The number of nitrogen functional groups attached to an aromatic ring is 1. The van der Waals surface area contributed by atoms with Crippen LogP contribution in [0.5, 0.6) is 0 Å². The summed E-state index contributed by atoms with van der Waals surface area (Å²) in [5, 5.41) is 4.43. The van der Waals surface area contributed by atoms with E-state index in [0.717, 1.165) is 12.1 Å². The topological polar surface area (TPSA) is 56.7 Å². The number of aryl methyl sites for hydroxylation is 1. The van der Waals surface area contributed by atoms with E-state index in [9.17, 15) is 13.2 Å². The number of hydrogen-bond donors (Lipinski definition) is 1. The minimum atomic E-state index is -4.49. The van der Waals surface area contributed by atoms with Crippen LogP contribution in [0.4, 0.5) is 19.0 Å². The van der Waals surface area contributed by atoms with E-state index in [4.69, 9.17) is 17.3 Å². The predicted octanol–water partition coefficient (Wildman–Crippen LogP) is 3.14. The van der Waals surface area contributed by atoms with Crippen molar-refractivity contribution in [2.75, 3.05) is 5.73 Å². The molecule has 19 heavy (non-hydrogen) atoms. The molecule has 0 unspecified atom stereocenters. The van der Waals surface area contributed by atoms with E-state index in [1.165, 1.54) is 4.68 Å². The van der Waals surface area contributed by atoms with Gasteiger partial charge in [-0.15, -0.1) is 0 Å². The van der Waals surface area contributed by atoms with Crippen molar-refractivity contribution in [3.63, 3.8) is 0 Å². The van der Waals surface area contributed by atoms with E-state index >= 15 is 0 Å². The molecule has 0 fully saturated rings. The lowest BCUT2D eigenvalue weighted by atomic mass is 10.2. The average Bonchev–Trinajstić information content (AvgIpc) is 2.55. The van der Waals surface area contributed by atoms with Gasteiger partial charge in [-0.05, 0) is 26.0 Å². The Morgan fingerprint density at radius 3 is 2.37 bits per heavy atom. The molecule has 0 spiro atoms. The number of aromatic nitrogens is 3. The molecule has 102 valence electrons. The highest BCUT2D eigenvalue weighted by atomic mass is 35.5. The summed E-state index contributed by atoms with van der Waals surface area (Å²) in [5.41, 5.74) is 5.54. The zero-order valence-electron chi connectivity index (χ0n) is 10.1. The predicted molar refractivity (Wildman–Crippen MR) is 65.3 cm³/mol. The van der Waals surface area contributed by atoms with Gasteiger partial charge in [-0.3, -0.25) is 0 Å². The third-order valence-electron chi connectivity index (χ3n) is 2.58. The first-order valence-electron chi connectivity index (χ1n) is 5.27. The third-order valence-corrected chi connectivity index (χ3v) is 3.13. The van der Waals surface area contributed by atoms with Crippen LogP contribution >= 0.6 is 11.6 Å². The molecule has 0 aliphatic heterocycles. The first kappa shape index (κ1) is 13.7. The summed E-state index contributed by atoms with van der Waals surface area (Å²) in [4.78, 5) is 3.85.